The molecule has 0 aliphatic rings. The van der Waals surface area contributed by atoms with E-state index in [9.17, 15) is 10.2 Å². The minimum atomic E-state index is -0.159. The zero-order chi connectivity index (χ0) is 23.7. The molecule has 2 aromatic rings. The molecule has 0 fully saturated rings. The lowest BCUT2D eigenvalue weighted by molar-refractivity contribution is 0.199. The average molecular weight is 443 g/mol. The Morgan fingerprint density at radius 2 is 1.19 bits per heavy atom. The van der Waals surface area contributed by atoms with Crippen LogP contribution in [-0.4, -0.2) is 36.6 Å². The quantitative estimate of drug-likeness (QED) is 0.427. The van der Waals surface area contributed by atoms with Crippen LogP contribution in [0.5, 0.6) is 11.5 Å². The van der Waals surface area contributed by atoms with E-state index in [1.54, 1.807) is 0 Å². The Morgan fingerprint density at radius 3 is 1.50 bits per heavy atom. The van der Waals surface area contributed by atoms with E-state index in [1.807, 2.05) is 0 Å². The summed E-state index contributed by atoms with van der Waals surface area (Å²) in [6.45, 7) is 14.2. The zero-order valence-corrected chi connectivity index (χ0v) is 20.8. The third-order valence-corrected chi connectivity index (χ3v) is 6.84. The first-order valence-electron chi connectivity index (χ1n) is 12.1. The number of aliphatic hydroxyl groups is 2. The van der Waals surface area contributed by atoms with Crippen molar-refractivity contribution in [2.75, 3.05) is 26.4 Å². The average Bonchev–Trinajstić information content (AvgIpc) is 2.81. The highest BCUT2D eigenvalue weighted by Crippen LogP contribution is 2.48. The maximum atomic E-state index is 9.18. The summed E-state index contributed by atoms with van der Waals surface area (Å²) in [6.07, 6.45) is 2.81. The second kappa shape index (κ2) is 12.3. The van der Waals surface area contributed by atoms with Crippen LogP contribution in [-0.2, 0) is 18.3 Å². The van der Waals surface area contributed by atoms with Crippen LogP contribution in [0.4, 0.5) is 0 Å². The summed E-state index contributed by atoms with van der Waals surface area (Å²) in [5.41, 5.74) is 4.79. The number of aryl methyl sites for hydroxylation is 2. The molecule has 1 unspecified atom stereocenters. The van der Waals surface area contributed by atoms with Gasteiger partial charge >= 0.3 is 0 Å². The number of aliphatic hydroxyl groups excluding tert-OH is 2. The van der Waals surface area contributed by atoms with Crippen LogP contribution in [0.2, 0.25) is 0 Å². The summed E-state index contributed by atoms with van der Waals surface area (Å²) in [6, 6.07) is 13.2. The Hall–Kier alpha value is -2.04. The van der Waals surface area contributed by atoms with Gasteiger partial charge in [-0.1, -0.05) is 72.2 Å². The van der Waals surface area contributed by atoms with Gasteiger partial charge in [-0.2, -0.15) is 0 Å². The molecule has 4 heteroatoms. The number of hydrogen-bond acceptors (Lipinski definition) is 4. The maximum absolute atomic E-state index is 9.18. The second-order valence-corrected chi connectivity index (χ2v) is 8.83. The van der Waals surface area contributed by atoms with Crippen molar-refractivity contribution in [3.8, 4) is 11.5 Å². The Morgan fingerprint density at radius 1 is 0.750 bits per heavy atom. The van der Waals surface area contributed by atoms with Gasteiger partial charge < -0.3 is 19.7 Å². The molecule has 2 rings (SSSR count). The van der Waals surface area contributed by atoms with Crippen LogP contribution in [0.1, 0.15) is 70.2 Å². The van der Waals surface area contributed by atoms with Gasteiger partial charge in [0, 0.05) is 5.41 Å². The zero-order valence-electron chi connectivity index (χ0n) is 20.8. The topological polar surface area (TPSA) is 58.9 Å². The van der Waals surface area contributed by atoms with Crippen molar-refractivity contribution in [2.24, 2.45) is 11.8 Å². The van der Waals surface area contributed by atoms with Gasteiger partial charge in [0.2, 0.25) is 0 Å². The first kappa shape index (κ1) is 26.2. The molecule has 0 aliphatic carbocycles. The van der Waals surface area contributed by atoms with E-state index in [0.29, 0.717) is 25.0 Å². The van der Waals surface area contributed by atoms with Crippen LogP contribution in [0.15, 0.2) is 36.4 Å². The lowest BCUT2D eigenvalue weighted by Gasteiger charge is -2.44. The van der Waals surface area contributed by atoms with E-state index in [2.05, 4.69) is 77.9 Å². The summed E-state index contributed by atoms with van der Waals surface area (Å²) in [7, 11) is 0. The van der Waals surface area contributed by atoms with E-state index in [-0.39, 0.29) is 18.6 Å². The summed E-state index contributed by atoms with van der Waals surface area (Å²) < 4.78 is 11.6. The lowest BCUT2D eigenvalue weighted by Crippen LogP contribution is -2.40. The standard InChI is InChI=1S/C28H42O4/c1-7-21(6)28(20(4)5,24-10-12-26(31-16-14-29)22(8-2)18-24)25-11-13-27(32-17-15-30)23(9-3)19-25/h10-13,18-21,29-30H,7-9,14-17H2,1-6H3. The minimum absolute atomic E-state index is 0.0121. The fraction of sp³-hybridized carbons (Fsp3) is 0.571. The Labute approximate surface area is 194 Å². The van der Waals surface area contributed by atoms with E-state index in [0.717, 1.165) is 30.8 Å². The third-order valence-electron chi connectivity index (χ3n) is 6.84. The fourth-order valence-electron chi connectivity index (χ4n) is 5.11. The van der Waals surface area contributed by atoms with Crippen molar-refractivity contribution in [3.63, 3.8) is 0 Å². The van der Waals surface area contributed by atoms with Gasteiger partial charge in [0.05, 0.1) is 13.2 Å². The number of ether oxygens (including phenoxy) is 2. The molecular weight excluding hydrogens is 400 g/mol. The largest absolute Gasteiger partial charge is 0.491 e. The molecule has 2 N–H and O–H groups in total. The fourth-order valence-corrected chi connectivity index (χ4v) is 5.11. The monoisotopic (exact) mass is 442 g/mol. The molecular formula is C28H42O4. The van der Waals surface area contributed by atoms with Crippen molar-refractivity contribution < 1.29 is 19.7 Å². The van der Waals surface area contributed by atoms with E-state index in [1.165, 1.54) is 22.3 Å². The molecule has 0 radical (unpaired) electrons. The predicted octanol–water partition coefficient (Wildman–Crippen LogP) is 5.54. The SMILES string of the molecule is CCc1cc(C(c2ccc(OCCO)c(CC)c2)(C(C)C)C(C)CC)ccc1OCCO. The van der Waals surface area contributed by atoms with Gasteiger partial charge in [-0.05, 0) is 59.1 Å². The molecule has 0 saturated carbocycles. The van der Waals surface area contributed by atoms with Crippen LogP contribution in [0.25, 0.3) is 0 Å². The first-order chi connectivity index (χ1) is 15.4. The molecule has 0 bridgehead atoms. The summed E-state index contributed by atoms with van der Waals surface area (Å²) in [4.78, 5) is 0. The maximum Gasteiger partial charge on any atom is 0.122 e. The highest BCUT2D eigenvalue weighted by molar-refractivity contribution is 5.50. The summed E-state index contributed by atoms with van der Waals surface area (Å²) in [5, 5.41) is 18.4. The Bertz CT molecular complexity index is 784. The van der Waals surface area contributed by atoms with Crippen LogP contribution < -0.4 is 9.47 Å². The summed E-state index contributed by atoms with van der Waals surface area (Å²) >= 11 is 0. The molecule has 32 heavy (non-hydrogen) atoms. The van der Waals surface area contributed by atoms with E-state index in [4.69, 9.17) is 9.47 Å². The van der Waals surface area contributed by atoms with Crippen molar-refractivity contribution in [2.45, 2.75) is 66.2 Å². The number of benzene rings is 2. The lowest BCUT2D eigenvalue weighted by atomic mass is 9.59. The van der Waals surface area contributed by atoms with Crippen LogP contribution >= 0.6 is 0 Å². The summed E-state index contributed by atoms with van der Waals surface area (Å²) in [5.74, 6) is 2.51. The molecule has 0 aliphatic heterocycles. The van der Waals surface area contributed by atoms with Gasteiger partial charge in [0.1, 0.15) is 24.7 Å². The predicted molar refractivity (Wildman–Crippen MR) is 132 cm³/mol. The molecule has 0 aromatic heterocycles. The van der Waals surface area contributed by atoms with Crippen LogP contribution in [0, 0.1) is 11.8 Å². The van der Waals surface area contributed by atoms with E-state index < -0.39 is 0 Å². The molecule has 0 saturated heterocycles. The molecule has 4 nitrogen and oxygen atoms in total. The third kappa shape index (κ3) is 5.29. The van der Waals surface area contributed by atoms with Crippen molar-refractivity contribution in [1.29, 1.82) is 0 Å². The van der Waals surface area contributed by atoms with Gasteiger partial charge in [0.25, 0.3) is 0 Å². The van der Waals surface area contributed by atoms with Gasteiger partial charge in [-0.15, -0.1) is 0 Å². The Kier molecular flexibility index (Phi) is 10.0. The van der Waals surface area contributed by atoms with Gasteiger partial charge in [0.15, 0.2) is 0 Å². The number of rotatable bonds is 13. The number of hydrogen-bond donors (Lipinski definition) is 2. The van der Waals surface area contributed by atoms with Gasteiger partial charge in [-0.25, -0.2) is 0 Å². The second-order valence-electron chi connectivity index (χ2n) is 8.83. The minimum Gasteiger partial charge on any atom is -0.491 e. The van der Waals surface area contributed by atoms with Crippen molar-refractivity contribution in [1.82, 2.24) is 0 Å². The highest BCUT2D eigenvalue weighted by atomic mass is 16.5. The van der Waals surface area contributed by atoms with Crippen molar-refractivity contribution in [3.05, 3.63) is 58.7 Å². The highest BCUT2D eigenvalue weighted by Gasteiger charge is 2.42. The van der Waals surface area contributed by atoms with E-state index >= 15 is 0 Å². The molecule has 178 valence electrons. The van der Waals surface area contributed by atoms with Crippen molar-refractivity contribution >= 4 is 0 Å². The first-order valence-corrected chi connectivity index (χ1v) is 12.1. The van der Waals surface area contributed by atoms with Crippen LogP contribution in [0.3, 0.4) is 0 Å². The molecule has 0 spiro atoms. The normalized spacial score (nSPS) is 12.8. The Balaban J connectivity index is 2.71. The molecule has 1 atom stereocenters. The van der Waals surface area contributed by atoms with Gasteiger partial charge in [-0.3, -0.25) is 0 Å². The smallest absolute Gasteiger partial charge is 0.122 e. The molecule has 0 heterocycles. The molecule has 0 amide bonds. The molecule has 2 aromatic carbocycles.